The van der Waals surface area contributed by atoms with Crippen LogP contribution in [0.3, 0.4) is 0 Å². The summed E-state index contributed by atoms with van der Waals surface area (Å²) in [6, 6.07) is 6.18. The highest BCUT2D eigenvalue weighted by Crippen LogP contribution is 2.24. The molecule has 148 valence electrons. The summed E-state index contributed by atoms with van der Waals surface area (Å²) < 4.78 is 11.3. The highest BCUT2D eigenvalue weighted by atomic mass is 16.6. The van der Waals surface area contributed by atoms with Gasteiger partial charge in [-0.2, -0.15) is 0 Å². The van der Waals surface area contributed by atoms with Gasteiger partial charge in [-0.1, -0.05) is 29.6 Å². The van der Waals surface area contributed by atoms with Crippen molar-refractivity contribution in [2.75, 3.05) is 13.2 Å². The van der Waals surface area contributed by atoms with Gasteiger partial charge in [0.05, 0.1) is 18.5 Å². The average Bonchev–Trinajstić information content (AvgIpc) is 3.04. The van der Waals surface area contributed by atoms with Gasteiger partial charge in [0.25, 0.3) is 0 Å². The Balaban J connectivity index is 1.63. The fraction of sp³-hybridized carbons (Fsp3) is 0.545. The van der Waals surface area contributed by atoms with Crippen LogP contribution in [0.5, 0.6) is 5.75 Å². The summed E-state index contributed by atoms with van der Waals surface area (Å²) in [7, 11) is 0. The van der Waals surface area contributed by atoms with E-state index in [0.717, 1.165) is 59.8 Å². The highest BCUT2D eigenvalue weighted by molar-refractivity contribution is 5.80. The van der Waals surface area contributed by atoms with E-state index in [1.54, 1.807) is 6.21 Å². The number of rotatable bonds is 12. The van der Waals surface area contributed by atoms with Crippen molar-refractivity contribution in [2.24, 2.45) is 5.16 Å². The molecule has 2 aromatic rings. The van der Waals surface area contributed by atoms with Crippen LogP contribution in [0.1, 0.15) is 67.2 Å². The fourth-order valence-corrected chi connectivity index (χ4v) is 3.10. The Labute approximate surface area is 162 Å². The Morgan fingerprint density at radius 3 is 2.37 bits per heavy atom. The number of ether oxygens (including phenoxy) is 1. The molecule has 0 aliphatic carbocycles. The Morgan fingerprint density at radius 2 is 1.70 bits per heavy atom. The fourth-order valence-electron chi connectivity index (χ4n) is 3.10. The zero-order chi connectivity index (χ0) is 19.5. The molecule has 0 aliphatic heterocycles. The summed E-state index contributed by atoms with van der Waals surface area (Å²) in [6.45, 7) is 9.36. The van der Waals surface area contributed by atoms with E-state index >= 15 is 0 Å². The van der Waals surface area contributed by atoms with Crippen molar-refractivity contribution in [2.45, 2.75) is 66.2 Å². The van der Waals surface area contributed by atoms with E-state index in [0.29, 0.717) is 6.61 Å². The molecule has 0 N–H and O–H groups in total. The zero-order valence-electron chi connectivity index (χ0n) is 17.1. The van der Waals surface area contributed by atoms with Gasteiger partial charge in [-0.05, 0) is 69.4 Å². The molecule has 0 saturated heterocycles. The molecule has 0 saturated carbocycles. The van der Waals surface area contributed by atoms with Gasteiger partial charge in [-0.25, -0.2) is 0 Å². The highest BCUT2D eigenvalue weighted by Gasteiger charge is 2.06. The Bertz CT molecular complexity index is 699. The molecule has 2 rings (SSSR count). The normalized spacial score (nSPS) is 11.3. The molecule has 0 aliphatic rings. The molecule has 0 spiro atoms. The maximum Gasteiger partial charge on any atom is 0.136 e. The SMILES string of the molecule is CCON=Cc1cc(C)c(OCCCCCCCc2cc(C)no2)c(C)c1. The minimum Gasteiger partial charge on any atom is -0.493 e. The molecule has 1 heterocycles. The summed E-state index contributed by atoms with van der Waals surface area (Å²) in [4.78, 5) is 5.02. The van der Waals surface area contributed by atoms with Gasteiger partial charge in [0.2, 0.25) is 0 Å². The van der Waals surface area contributed by atoms with Crippen LogP contribution in [0.15, 0.2) is 27.9 Å². The lowest BCUT2D eigenvalue weighted by Gasteiger charge is -2.13. The van der Waals surface area contributed by atoms with Crippen LogP contribution in [-0.2, 0) is 11.3 Å². The number of unbranched alkanes of at least 4 members (excludes halogenated alkanes) is 4. The van der Waals surface area contributed by atoms with Gasteiger partial charge in [-0.3, -0.25) is 0 Å². The van der Waals surface area contributed by atoms with Crippen molar-refractivity contribution >= 4 is 6.21 Å². The summed E-state index contributed by atoms with van der Waals surface area (Å²) in [5.41, 5.74) is 4.26. The van der Waals surface area contributed by atoms with Crippen LogP contribution in [0.25, 0.3) is 0 Å². The van der Waals surface area contributed by atoms with Crippen molar-refractivity contribution < 1.29 is 14.1 Å². The predicted molar refractivity (Wildman–Crippen MR) is 109 cm³/mol. The second kappa shape index (κ2) is 11.4. The lowest BCUT2D eigenvalue weighted by atomic mass is 10.1. The molecule has 0 bridgehead atoms. The van der Waals surface area contributed by atoms with Crippen molar-refractivity contribution in [3.8, 4) is 5.75 Å². The molecule has 1 aromatic carbocycles. The van der Waals surface area contributed by atoms with Crippen LogP contribution >= 0.6 is 0 Å². The first kappa shape index (κ1) is 21.0. The number of hydrogen-bond donors (Lipinski definition) is 0. The molecule has 5 nitrogen and oxygen atoms in total. The lowest BCUT2D eigenvalue weighted by Crippen LogP contribution is -2.02. The monoisotopic (exact) mass is 372 g/mol. The van der Waals surface area contributed by atoms with Gasteiger partial charge < -0.3 is 14.1 Å². The molecule has 0 atom stereocenters. The maximum absolute atomic E-state index is 6.03. The number of aryl methyl sites for hydroxylation is 4. The lowest BCUT2D eigenvalue weighted by molar-refractivity contribution is 0.160. The van der Waals surface area contributed by atoms with Crippen molar-refractivity contribution in [3.05, 3.63) is 46.3 Å². The van der Waals surface area contributed by atoms with Crippen LogP contribution in [0, 0.1) is 20.8 Å². The van der Waals surface area contributed by atoms with Crippen LogP contribution in [0.2, 0.25) is 0 Å². The van der Waals surface area contributed by atoms with E-state index in [2.05, 4.69) is 36.3 Å². The van der Waals surface area contributed by atoms with Gasteiger partial charge in [-0.15, -0.1) is 0 Å². The van der Waals surface area contributed by atoms with E-state index < -0.39 is 0 Å². The van der Waals surface area contributed by atoms with Gasteiger partial charge in [0.15, 0.2) is 0 Å². The Hall–Kier alpha value is -2.30. The van der Waals surface area contributed by atoms with Crippen molar-refractivity contribution in [1.82, 2.24) is 5.16 Å². The quantitative estimate of drug-likeness (QED) is 0.279. The van der Waals surface area contributed by atoms with Crippen LogP contribution < -0.4 is 4.74 Å². The average molecular weight is 373 g/mol. The Morgan fingerprint density at radius 1 is 1.00 bits per heavy atom. The maximum atomic E-state index is 6.03. The van der Waals surface area contributed by atoms with E-state index in [9.17, 15) is 0 Å². The van der Waals surface area contributed by atoms with E-state index in [1.165, 1.54) is 19.3 Å². The van der Waals surface area contributed by atoms with Crippen LogP contribution in [0.4, 0.5) is 0 Å². The van der Waals surface area contributed by atoms with Gasteiger partial charge in [0.1, 0.15) is 18.1 Å². The predicted octanol–water partition coefficient (Wildman–Crippen LogP) is 5.54. The number of oxime groups is 1. The van der Waals surface area contributed by atoms with E-state index in [1.807, 2.05) is 19.9 Å². The van der Waals surface area contributed by atoms with E-state index in [-0.39, 0.29) is 0 Å². The first-order chi connectivity index (χ1) is 13.1. The second-order valence-corrected chi connectivity index (χ2v) is 6.94. The van der Waals surface area contributed by atoms with Crippen molar-refractivity contribution in [3.63, 3.8) is 0 Å². The topological polar surface area (TPSA) is 56.9 Å². The van der Waals surface area contributed by atoms with Gasteiger partial charge >= 0.3 is 0 Å². The van der Waals surface area contributed by atoms with Gasteiger partial charge in [0, 0.05) is 12.5 Å². The summed E-state index contributed by atoms with van der Waals surface area (Å²) >= 11 is 0. The minimum atomic E-state index is 0.579. The Kier molecular flexibility index (Phi) is 8.89. The molecule has 27 heavy (non-hydrogen) atoms. The first-order valence-electron chi connectivity index (χ1n) is 9.91. The van der Waals surface area contributed by atoms with Crippen LogP contribution in [-0.4, -0.2) is 24.6 Å². The molecular formula is C22H32N2O3. The number of aromatic nitrogens is 1. The molecule has 5 heteroatoms. The summed E-state index contributed by atoms with van der Waals surface area (Å²) in [6.07, 6.45) is 8.58. The number of nitrogens with zero attached hydrogens (tertiary/aromatic N) is 2. The van der Waals surface area contributed by atoms with E-state index in [4.69, 9.17) is 14.1 Å². The first-order valence-corrected chi connectivity index (χ1v) is 9.91. The number of hydrogen-bond acceptors (Lipinski definition) is 5. The smallest absolute Gasteiger partial charge is 0.136 e. The third-order valence-corrected chi connectivity index (χ3v) is 4.38. The number of benzene rings is 1. The zero-order valence-corrected chi connectivity index (χ0v) is 17.1. The second-order valence-electron chi connectivity index (χ2n) is 6.94. The largest absolute Gasteiger partial charge is 0.493 e. The standard InChI is InChI=1S/C22H32N2O3/c1-5-26-23-16-20-13-17(2)22(18(3)14-20)25-12-10-8-6-7-9-11-21-15-19(4)24-27-21/h13-16H,5-12H2,1-4H3. The molecule has 0 fully saturated rings. The minimum absolute atomic E-state index is 0.579. The summed E-state index contributed by atoms with van der Waals surface area (Å²) in [5, 5.41) is 7.85. The molecule has 0 unspecified atom stereocenters. The van der Waals surface area contributed by atoms with Crippen molar-refractivity contribution in [1.29, 1.82) is 0 Å². The molecule has 1 aromatic heterocycles. The third kappa shape index (κ3) is 7.45. The third-order valence-electron chi connectivity index (χ3n) is 4.38. The molecular weight excluding hydrogens is 340 g/mol. The molecule has 0 radical (unpaired) electrons. The molecule has 0 amide bonds. The summed E-state index contributed by atoms with van der Waals surface area (Å²) in [5.74, 6) is 1.99.